The minimum Gasteiger partial charge on any atom is -0.339 e. The van der Waals surface area contributed by atoms with Gasteiger partial charge in [0.25, 0.3) is 0 Å². The van der Waals surface area contributed by atoms with Crippen LogP contribution < -0.4 is 0 Å². The standard InChI is InChI=1S/C25H27N3OS/c29-25(24(20-7-3-1-4-8-20)21-9-5-2-6-10-21)28-15-13-27(14-16-28)17-23-26-22(18-30-23)19-11-12-19/h1-10,18-19,24H,11-17H2. The van der Waals surface area contributed by atoms with E-state index in [1.54, 1.807) is 11.3 Å². The highest BCUT2D eigenvalue weighted by Gasteiger charge is 2.30. The van der Waals surface area contributed by atoms with Gasteiger partial charge in [-0.05, 0) is 24.0 Å². The van der Waals surface area contributed by atoms with Crippen molar-refractivity contribution in [3.05, 3.63) is 87.9 Å². The van der Waals surface area contributed by atoms with Gasteiger partial charge in [-0.1, -0.05) is 60.7 Å². The summed E-state index contributed by atoms with van der Waals surface area (Å²) in [5, 5.41) is 3.44. The van der Waals surface area contributed by atoms with Gasteiger partial charge in [-0.15, -0.1) is 11.3 Å². The maximum absolute atomic E-state index is 13.5. The van der Waals surface area contributed by atoms with E-state index < -0.39 is 0 Å². The van der Waals surface area contributed by atoms with E-state index in [4.69, 9.17) is 4.98 Å². The summed E-state index contributed by atoms with van der Waals surface area (Å²) in [5.74, 6) is 0.689. The van der Waals surface area contributed by atoms with E-state index in [-0.39, 0.29) is 11.8 Å². The molecule has 1 aliphatic carbocycles. The number of carbonyl (C=O) groups is 1. The molecule has 5 heteroatoms. The molecule has 4 nitrogen and oxygen atoms in total. The Morgan fingerprint density at radius 3 is 2.10 bits per heavy atom. The van der Waals surface area contributed by atoms with Crippen LogP contribution in [0.3, 0.4) is 0 Å². The first-order valence-electron chi connectivity index (χ1n) is 10.8. The molecule has 154 valence electrons. The van der Waals surface area contributed by atoms with Crippen LogP contribution in [0, 0.1) is 0 Å². The molecule has 1 amide bonds. The first-order valence-corrected chi connectivity index (χ1v) is 11.7. The Labute approximate surface area is 182 Å². The lowest BCUT2D eigenvalue weighted by molar-refractivity contribution is -0.133. The van der Waals surface area contributed by atoms with Crippen LogP contribution in [0.2, 0.25) is 0 Å². The first kappa shape index (κ1) is 19.5. The average Bonchev–Trinajstić information content (AvgIpc) is 3.55. The Balaban J connectivity index is 1.25. The van der Waals surface area contributed by atoms with Crippen LogP contribution >= 0.6 is 11.3 Å². The van der Waals surface area contributed by atoms with Crippen molar-refractivity contribution < 1.29 is 4.79 Å². The summed E-state index contributed by atoms with van der Waals surface area (Å²) < 4.78 is 0. The number of amides is 1. The van der Waals surface area contributed by atoms with Crippen molar-refractivity contribution in [3.8, 4) is 0 Å². The number of aromatic nitrogens is 1. The third kappa shape index (κ3) is 4.32. The molecule has 0 bridgehead atoms. The molecule has 2 heterocycles. The minimum atomic E-state index is -0.237. The Hall–Kier alpha value is -2.50. The van der Waals surface area contributed by atoms with E-state index in [0.717, 1.165) is 49.8 Å². The van der Waals surface area contributed by atoms with E-state index in [1.807, 2.05) is 41.3 Å². The largest absolute Gasteiger partial charge is 0.339 e. The van der Waals surface area contributed by atoms with E-state index >= 15 is 0 Å². The predicted molar refractivity (Wildman–Crippen MR) is 121 cm³/mol. The molecule has 2 aliphatic rings. The van der Waals surface area contributed by atoms with Crippen molar-refractivity contribution in [2.75, 3.05) is 26.2 Å². The molecular formula is C25H27N3OS. The Kier molecular flexibility index (Phi) is 5.65. The lowest BCUT2D eigenvalue weighted by Gasteiger charge is -2.36. The number of thiazole rings is 1. The lowest BCUT2D eigenvalue weighted by atomic mass is 9.90. The number of carbonyl (C=O) groups excluding carboxylic acids is 1. The van der Waals surface area contributed by atoms with Gasteiger partial charge in [-0.2, -0.15) is 0 Å². The zero-order valence-corrected chi connectivity index (χ0v) is 17.9. The Morgan fingerprint density at radius 1 is 0.933 bits per heavy atom. The molecule has 3 aromatic rings. The van der Waals surface area contributed by atoms with E-state index in [0.29, 0.717) is 0 Å². The first-order chi connectivity index (χ1) is 14.8. The van der Waals surface area contributed by atoms with Crippen molar-refractivity contribution in [1.82, 2.24) is 14.8 Å². The van der Waals surface area contributed by atoms with Crippen molar-refractivity contribution in [2.45, 2.75) is 31.2 Å². The van der Waals surface area contributed by atoms with E-state index in [1.165, 1.54) is 23.5 Å². The smallest absolute Gasteiger partial charge is 0.234 e. The fourth-order valence-electron chi connectivity index (χ4n) is 4.23. The van der Waals surface area contributed by atoms with Crippen LogP contribution in [-0.4, -0.2) is 46.9 Å². The molecule has 5 rings (SSSR count). The average molecular weight is 418 g/mol. The van der Waals surface area contributed by atoms with Gasteiger partial charge >= 0.3 is 0 Å². The van der Waals surface area contributed by atoms with Crippen molar-refractivity contribution in [3.63, 3.8) is 0 Å². The van der Waals surface area contributed by atoms with Gasteiger partial charge in [0.1, 0.15) is 5.01 Å². The highest BCUT2D eigenvalue weighted by atomic mass is 32.1. The summed E-state index contributed by atoms with van der Waals surface area (Å²) in [6.45, 7) is 4.26. The summed E-state index contributed by atoms with van der Waals surface area (Å²) in [7, 11) is 0. The van der Waals surface area contributed by atoms with E-state index in [9.17, 15) is 4.79 Å². The molecule has 1 aromatic heterocycles. The topological polar surface area (TPSA) is 36.4 Å². The number of rotatable bonds is 6. The molecule has 1 saturated carbocycles. The maximum atomic E-state index is 13.5. The summed E-state index contributed by atoms with van der Waals surface area (Å²) >= 11 is 1.78. The molecule has 1 saturated heterocycles. The Bertz CT molecular complexity index is 936. The van der Waals surface area contributed by atoms with Gasteiger partial charge in [-0.25, -0.2) is 4.98 Å². The molecule has 0 N–H and O–H groups in total. The van der Waals surface area contributed by atoms with Crippen LogP contribution in [0.15, 0.2) is 66.0 Å². The predicted octanol–water partition coefficient (Wildman–Crippen LogP) is 4.50. The highest BCUT2D eigenvalue weighted by Crippen LogP contribution is 2.40. The molecule has 0 atom stereocenters. The second-order valence-corrected chi connectivity index (χ2v) is 9.24. The normalized spacial score (nSPS) is 17.4. The van der Waals surface area contributed by atoms with Crippen LogP contribution in [0.25, 0.3) is 0 Å². The molecule has 1 aliphatic heterocycles. The van der Waals surface area contributed by atoms with Crippen LogP contribution in [-0.2, 0) is 11.3 Å². The molecule has 0 unspecified atom stereocenters. The van der Waals surface area contributed by atoms with Gasteiger partial charge < -0.3 is 4.90 Å². The third-order valence-corrected chi connectivity index (χ3v) is 6.97. The van der Waals surface area contributed by atoms with Crippen LogP contribution in [0.4, 0.5) is 0 Å². The van der Waals surface area contributed by atoms with Gasteiger partial charge in [-0.3, -0.25) is 9.69 Å². The number of hydrogen-bond donors (Lipinski definition) is 0. The number of hydrogen-bond acceptors (Lipinski definition) is 4. The second kappa shape index (κ2) is 8.70. The van der Waals surface area contributed by atoms with Gasteiger partial charge in [0.05, 0.1) is 18.2 Å². The molecular weight excluding hydrogens is 390 g/mol. The molecule has 2 aromatic carbocycles. The number of piperazine rings is 1. The van der Waals surface area contributed by atoms with Gasteiger partial charge in [0, 0.05) is 37.5 Å². The second-order valence-electron chi connectivity index (χ2n) is 8.30. The molecule has 2 fully saturated rings. The number of benzene rings is 2. The molecule has 0 radical (unpaired) electrons. The summed E-state index contributed by atoms with van der Waals surface area (Å²) in [6.07, 6.45) is 2.60. The maximum Gasteiger partial charge on any atom is 0.234 e. The van der Waals surface area contributed by atoms with Gasteiger partial charge in [0.2, 0.25) is 5.91 Å². The summed E-state index contributed by atoms with van der Waals surface area (Å²) in [6, 6.07) is 20.3. The van der Waals surface area contributed by atoms with Crippen molar-refractivity contribution in [1.29, 1.82) is 0 Å². The van der Waals surface area contributed by atoms with Gasteiger partial charge in [0.15, 0.2) is 0 Å². The zero-order valence-electron chi connectivity index (χ0n) is 17.1. The van der Waals surface area contributed by atoms with Crippen molar-refractivity contribution >= 4 is 17.2 Å². The fourth-order valence-corrected chi connectivity index (χ4v) is 5.15. The number of nitrogens with zero attached hydrogens (tertiary/aromatic N) is 3. The summed E-state index contributed by atoms with van der Waals surface area (Å²) in [5.41, 5.74) is 3.41. The third-order valence-electron chi connectivity index (χ3n) is 6.12. The Morgan fingerprint density at radius 2 is 1.53 bits per heavy atom. The quantitative estimate of drug-likeness (QED) is 0.593. The zero-order chi connectivity index (χ0) is 20.3. The summed E-state index contributed by atoms with van der Waals surface area (Å²) in [4.78, 5) is 22.8. The monoisotopic (exact) mass is 417 g/mol. The molecule has 30 heavy (non-hydrogen) atoms. The molecule has 0 spiro atoms. The lowest BCUT2D eigenvalue weighted by Crippen LogP contribution is -2.49. The SMILES string of the molecule is O=C(C(c1ccccc1)c1ccccc1)N1CCN(Cc2nc(C3CC3)cs2)CC1. The van der Waals surface area contributed by atoms with Crippen LogP contribution in [0.5, 0.6) is 0 Å². The van der Waals surface area contributed by atoms with E-state index in [2.05, 4.69) is 34.5 Å². The minimum absolute atomic E-state index is 0.206. The fraction of sp³-hybridized carbons (Fsp3) is 0.360. The van der Waals surface area contributed by atoms with Crippen molar-refractivity contribution in [2.24, 2.45) is 0 Å². The van der Waals surface area contributed by atoms with Crippen LogP contribution in [0.1, 0.15) is 46.5 Å². The highest BCUT2D eigenvalue weighted by molar-refractivity contribution is 7.09.